The Labute approximate surface area is 104 Å². The second kappa shape index (κ2) is 5.97. The number of rotatable bonds is 5. The quantitative estimate of drug-likeness (QED) is 0.825. The molecule has 0 bridgehead atoms. The van der Waals surface area contributed by atoms with Crippen molar-refractivity contribution in [3.8, 4) is 0 Å². The summed E-state index contributed by atoms with van der Waals surface area (Å²) in [5.74, 6) is -0.348. The van der Waals surface area contributed by atoms with Gasteiger partial charge in [-0.05, 0) is 12.0 Å². The lowest BCUT2D eigenvalue weighted by Crippen LogP contribution is -2.39. The molecule has 0 aliphatic heterocycles. The topological polar surface area (TPSA) is 75.4 Å². The van der Waals surface area contributed by atoms with E-state index in [0.29, 0.717) is 6.42 Å². The molecule has 94 valence electrons. The first-order chi connectivity index (χ1) is 8.79. The van der Waals surface area contributed by atoms with Crippen molar-refractivity contribution in [3.05, 3.63) is 53.9 Å². The highest BCUT2D eigenvalue weighted by Crippen LogP contribution is 2.04. The number of hydrogen-bond donors (Lipinski definition) is 2. The number of aliphatic hydroxyl groups excluding tert-OH is 1. The molecule has 1 atom stereocenters. The van der Waals surface area contributed by atoms with E-state index in [1.807, 2.05) is 30.3 Å². The van der Waals surface area contributed by atoms with Crippen LogP contribution in [0.5, 0.6) is 0 Å². The lowest BCUT2D eigenvalue weighted by molar-refractivity contribution is 0.0907. The van der Waals surface area contributed by atoms with Crippen LogP contribution in [-0.2, 0) is 6.42 Å². The van der Waals surface area contributed by atoms with Crippen molar-refractivity contribution in [2.75, 3.05) is 6.61 Å². The summed E-state index contributed by atoms with van der Waals surface area (Å²) in [6.07, 6.45) is 1.90. The number of amides is 1. The van der Waals surface area contributed by atoms with Crippen LogP contribution < -0.4 is 5.32 Å². The van der Waals surface area contributed by atoms with E-state index >= 15 is 0 Å². The fourth-order valence-corrected chi connectivity index (χ4v) is 1.65. The average molecular weight is 246 g/mol. The fourth-order valence-electron chi connectivity index (χ4n) is 1.65. The highest BCUT2D eigenvalue weighted by atomic mass is 16.5. The molecule has 0 fully saturated rings. The van der Waals surface area contributed by atoms with E-state index in [9.17, 15) is 9.90 Å². The Morgan fingerprint density at radius 3 is 2.72 bits per heavy atom. The Kier molecular flexibility index (Phi) is 4.09. The van der Waals surface area contributed by atoms with E-state index in [1.165, 1.54) is 12.3 Å². The number of carbonyl (C=O) groups is 1. The third-order valence-electron chi connectivity index (χ3n) is 2.55. The predicted molar refractivity (Wildman–Crippen MR) is 65.0 cm³/mol. The summed E-state index contributed by atoms with van der Waals surface area (Å²) in [5.41, 5.74) is 1.26. The molecule has 2 aromatic rings. The standard InChI is InChI=1S/C13H14N2O3/c16-9-11(8-10-4-2-1-3-5-10)14-13(17)12-6-7-18-15-12/h1-7,11,16H,8-9H2,(H,14,17)/t11-/m1/s1. The van der Waals surface area contributed by atoms with Gasteiger partial charge in [0.05, 0.1) is 12.6 Å². The van der Waals surface area contributed by atoms with Gasteiger partial charge in [0, 0.05) is 6.07 Å². The van der Waals surface area contributed by atoms with Crippen LogP contribution in [0.1, 0.15) is 16.1 Å². The van der Waals surface area contributed by atoms with Crippen molar-refractivity contribution in [1.82, 2.24) is 10.5 Å². The molecule has 0 spiro atoms. The number of nitrogens with zero attached hydrogens (tertiary/aromatic N) is 1. The molecule has 2 rings (SSSR count). The summed E-state index contributed by atoms with van der Waals surface area (Å²) < 4.78 is 4.60. The minimum absolute atomic E-state index is 0.127. The normalized spacial score (nSPS) is 12.1. The summed E-state index contributed by atoms with van der Waals surface area (Å²) in [5, 5.41) is 15.5. The molecule has 0 unspecified atom stereocenters. The minimum atomic E-state index is -0.348. The molecule has 0 aliphatic rings. The lowest BCUT2D eigenvalue weighted by Gasteiger charge is -2.15. The van der Waals surface area contributed by atoms with Gasteiger partial charge in [-0.3, -0.25) is 4.79 Å². The molecule has 1 amide bonds. The number of aliphatic hydroxyl groups is 1. The highest BCUT2D eigenvalue weighted by Gasteiger charge is 2.15. The summed E-state index contributed by atoms with van der Waals surface area (Å²) in [4.78, 5) is 11.7. The molecule has 1 heterocycles. The van der Waals surface area contributed by atoms with Crippen LogP contribution in [0.25, 0.3) is 0 Å². The van der Waals surface area contributed by atoms with Crippen LogP contribution in [0.15, 0.2) is 47.2 Å². The van der Waals surface area contributed by atoms with Crippen LogP contribution >= 0.6 is 0 Å². The van der Waals surface area contributed by atoms with E-state index in [4.69, 9.17) is 0 Å². The van der Waals surface area contributed by atoms with E-state index in [2.05, 4.69) is 15.0 Å². The molecule has 0 saturated heterocycles. The van der Waals surface area contributed by atoms with E-state index in [1.54, 1.807) is 0 Å². The Balaban J connectivity index is 1.96. The third-order valence-corrected chi connectivity index (χ3v) is 2.55. The first-order valence-electron chi connectivity index (χ1n) is 5.65. The number of benzene rings is 1. The summed E-state index contributed by atoms with van der Waals surface area (Å²) >= 11 is 0. The van der Waals surface area contributed by atoms with Crippen LogP contribution in [0.4, 0.5) is 0 Å². The molecule has 0 radical (unpaired) electrons. The first-order valence-corrected chi connectivity index (χ1v) is 5.65. The zero-order chi connectivity index (χ0) is 12.8. The van der Waals surface area contributed by atoms with Gasteiger partial charge in [-0.1, -0.05) is 35.5 Å². The molecule has 5 nitrogen and oxygen atoms in total. The minimum Gasteiger partial charge on any atom is -0.394 e. The molecule has 1 aromatic heterocycles. The molecule has 18 heavy (non-hydrogen) atoms. The van der Waals surface area contributed by atoms with Gasteiger partial charge in [-0.15, -0.1) is 0 Å². The van der Waals surface area contributed by atoms with Crippen LogP contribution in [0.2, 0.25) is 0 Å². The molecular weight excluding hydrogens is 232 g/mol. The Morgan fingerprint density at radius 1 is 1.33 bits per heavy atom. The summed E-state index contributed by atoms with van der Waals surface area (Å²) in [6.45, 7) is -0.127. The summed E-state index contributed by atoms with van der Waals surface area (Å²) in [7, 11) is 0. The van der Waals surface area contributed by atoms with Crippen molar-refractivity contribution >= 4 is 5.91 Å². The van der Waals surface area contributed by atoms with Gasteiger partial charge >= 0.3 is 0 Å². The molecule has 1 aromatic carbocycles. The second-order valence-corrected chi connectivity index (χ2v) is 3.93. The van der Waals surface area contributed by atoms with Gasteiger partial charge in [0.15, 0.2) is 5.69 Å². The Bertz CT molecular complexity index is 482. The van der Waals surface area contributed by atoms with Crippen molar-refractivity contribution in [1.29, 1.82) is 0 Å². The largest absolute Gasteiger partial charge is 0.394 e. The molecular formula is C13H14N2O3. The number of nitrogens with one attached hydrogen (secondary N) is 1. The SMILES string of the molecule is O=C(N[C@@H](CO)Cc1ccccc1)c1ccon1. The molecule has 2 N–H and O–H groups in total. The molecule has 0 aliphatic carbocycles. The summed E-state index contributed by atoms with van der Waals surface area (Å²) in [6, 6.07) is 10.8. The predicted octanol–water partition coefficient (Wildman–Crippen LogP) is 1.01. The molecule has 0 saturated carbocycles. The van der Waals surface area contributed by atoms with Crippen molar-refractivity contribution in [2.45, 2.75) is 12.5 Å². The van der Waals surface area contributed by atoms with Crippen molar-refractivity contribution in [2.24, 2.45) is 0 Å². The number of hydrogen-bond acceptors (Lipinski definition) is 4. The third kappa shape index (κ3) is 3.18. The lowest BCUT2D eigenvalue weighted by atomic mass is 10.1. The maximum Gasteiger partial charge on any atom is 0.273 e. The van der Waals surface area contributed by atoms with Crippen molar-refractivity contribution < 1.29 is 14.4 Å². The van der Waals surface area contributed by atoms with E-state index < -0.39 is 0 Å². The monoisotopic (exact) mass is 246 g/mol. The molecule has 5 heteroatoms. The van der Waals surface area contributed by atoms with Gasteiger partial charge in [0.25, 0.3) is 5.91 Å². The maximum atomic E-state index is 11.7. The Morgan fingerprint density at radius 2 is 2.11 bits per heavy atom. The average Bonchev–Trinajstić information content (AvgIpc) is 2.93. The highest BCUT2D eigenvalue weighted by molar-refractivity contribution is 5.92. The fraction of sp³-hybridized carbons (Fsp3) is 0.231. The zero-order valence-corrected chi connectivity index (χ0v) is 9.74. The zero-order valence-electron chi connectivity index (χ0n) is 9.74. The Hall–Kier alpha value is -2.14. The van der Waals surface area contributed by atoms with Gasteiger partial charge in [-0.25, -0.2) is 0 Å². The van der Waals surface area contributed by atoms with Gasteiger partial charge in [0.1, 0.15) is 6.26 Å². The van der Waals surface area contributed by atoms with E-state index in [0.717, 1.165) is 5.56 Å². The first kappa shape index (κ1) is 12.3. The smallest absolute Gasteiger partial charge is 0.273 e. The van der Waals surface area contributed by atoms with Gasteiger partial charge in [-0.2, -0.15) is 0 Å². The van der Waals surface area contributed by atoms with Gasteiger partial charge in [0.2, 0.25) is 0 Å². The van der Waals surface area contributed by atoms with Crippen LogP contribution in [0, 0.1) is 0 Å². The van der Waals surface area contributed by atoms with Crippen molar-refractivity contribution in [3.63, 3.8) is 0 Å². The van der Waals surface area contributed by atoms with Gasteiger partial charge < -0.3 is 14.9 Å². The van der Waals surface area contributed by atoms with E-state index in [-0.39, 0.29) is 24.2 Å². The van der Waals surface area contributed by atoms with Crippen LogP contribution in [-0.4, -0.2) is 28.8 Å². The number of carbonyl (C=O) groups excluding carboxylic acids is 1. The number of aromatic nitrogens is 1. The second-order valence-electron chi connectivity index (χ2n) is 3.93. The maximum absolute atomic E-state index is 11.7. The van der Waals surface area contributed by atoms with Crippen LogP contribution in [0.3, 0.4) is 0 Å².